The molecule has 0 atom stereocenters. The smallest absolute Gasteiger partial charge is 0.375 e. The summed E-state index contributed by atoms with van der Waals surface area (Å²) in [5.74, 6) is -2.01. The third-order valence-corrected chi connectivity index (χ3v) is 2.98. The fourth-order valence-electron chi connectivity index (χ4n) is 1.83. The molecule has 0 saturated heterocycles. The summed E-state index contributed by atoms with van der Waals surface area (Å²) in [5, 5.41) is 22.3. The zero-order valence-corrected chi connectivity index (χ0v) is 12.0. The molecule has 0 spiro atoms. The monoisotopic (exact) mass is 269 g/mol. The van der Waals surface area contributed by atoms with Gasteiger partial charge in [-0.2, -0.15) is 5.11 Å². The van der Waals surface area contributed by atoms with Gasteiger partial charge in [0.25, 0.3) is 5.84 Å². The van der Waals surface area contributed by atoms with E-state index in [2.05, 4.69) is 17.2 Å². The number of azo groups is 1. The quantitative estimate of drug-likeness (QED) is 0.252. The maximum Gasteiger partial charge on any atom is 0.375 e. The van der Waals surface area contributed by atoms with Crippen LogP contribution in [0.4, 0.5) is 0 Å². The van der Waals surface area contributed by atoms with E-state index in [1.54, 1.807) is 0 Å². The van der Waals surface area contributed by atoms with Crippen molar-refractivity contribution in [1.82, 2.24) is 0 Å². The predicted molar refractivity (Wildman–Crippen MR) is 76.9 cm³/mol. The number of carboxylic acids is 1. The maximum absolute atomic E-state index is 10.3. The summed E-state index contributed by atoms with van der Waals surface area (Å²) >= 11 is 0. The van der Waals surface area contributed by atoms with Crippen molar-refractivity contribution in [2.24, 2.45) is 10.2 Å². The summed E-state index contributed by atoms with van der Waals surface area (Å²) in [5.41, 5.74) is 0. The second-order valence-electron chi connectivity index (χ2n) is 4.80. The van der Waals surface area contributed by atoms with Gasteiger partial charge in [-0.25, -0.2) is 4.79 Å². The lowest BCUT2D eigenvalue weighted by molar-refractivity contribution is -0.129. The Hall–Kier alpha value is -1.26. The molecular weight excluding hydrogens is 242 g/mol. The maximum atomic E-state index is 10.3. The highest BCUT2D eigenvalue weighted by atomic mass is 16.4. The Balaban J connectivity index is 3.19. The molecule has 110 valence electrons. The highest BCUT2D eigenvalue weighted by Gasteiger charge is 2.02. The number of amidine groups is 1. The summed E-state index contributed by atoms with van der Waals surface area (Å²) in [6, 6.07) is 0. The van der Waals surface area contributed by atoms with E-state index in [1.165, 1.54) is 51.4 Å². The molecule has 5 heteroatoms. The summed E-state index contributed by atoms with van der Waals surface area (Å²) in [6.45, 7) is 2.75. The minimum atomic E-state index is -1.33. The van der Waals surface area contributed by atoms with Crippen LogP contribution in [0.15, 0.2) is 10.2 Å². The molecule has 0 bridgehead atoms. The number of aliphatic carboxylic acids is 1. The lowest BCUT2D eigenvalue weighted by Crippen LogP contribution is -2.07. The molecule has 2 N–H and O–H groups in total. The number of rotatable bonds is 11. The van der Waals surface area contributed by atoms with Crippen LogP contribution in [0, 0.1) is 5.41 Å². The predicted octanol–water partition coefficient (Wildman–Crippen LogP) is 4.42. The largest absolute Gasteiger partial charge is 0.475 e. The molecule has 0 unspecified atom stereocenters. The number of carbonyl (C=O) groups is 1. The van der Waals surface area contributed by atoms with Crippen LogP contribution in [0.5, 0.6) is 0 Å². The Morgan fingerprint density at radius 1 is 0.947 bits per heavy atom. The SMILES string of the molecule is CCCCCCCCCCCCN=NC(=N)C(=O)O. The number of nitrogens with zero attached hydrogens (tertiary/aromatic N) is 2. The van der Waals surface area contributed by atoms with Crippen molar-refractivity contribution in [3.8, 4) is 0 Å². The fourth-order valence-corrected chi connectivity index (χ4v) is 1.83. The van der Waals surface area contributed by atoms with Crippen molar-refractivity contribution in [3.05, 3.63) is 0 Å². The van der Waals surface area contributed by atoms with Crippen molar-refractivity contribution in [1.29, 1.82) is 5.41 Å². The van der Waals surface area contributed by atoms with Crippen LogP contribution in [-0.4, -0.2) is 23.5 Å². The molecule has 0 heterocycles. The minimum Gasteiger partial charge on any atom is -0.475 e. The highest BCUT2D eigenvalue weighted by Crippen LogP contribution is 2.10. The second kappa shape index (κ2) is 13.2. The Bertz CT molecular complexity index is 278. The van der Waals surface area contributed by atoms with Crippen LogP contribution in [0.25, 0.3) is 0 Å². The van der Waals surface area contributed by atoms with Gasteiger partial charge in [0, 0.05) is 0 Å². The number of hydrogen-bond acceptors (Lipinski definition) is 3. The van der Waals surface area contributed by atoms with Gasteiger partial charge in [-0.05, 0) is 6.42 Å². The first-order chi connectivity index (χ1) is 9.18. The van der Waals surface area contributed by atoms with Gasteiger partial charge in [0.1, 0.15) is 0 Å². The van der Waals surface area contributed by atoms with Crippen LogP contribution >= 0.6 is 0 Å². The number of unbranched alkanes of at least 4 members (excludes halogenated alkanes) is 9. The van der Waals surface area contributed by atoms with Gasteiger partial charge in [-0.3, -0.25) is 5.41 Å². The van der Waals surface area contributed by atoms with Gasteiger partial charge < -0.3 is 5.11 Å². The van der Waals surface area contributed by atoms with Crippen molar-refractivity contribution in [2.75, 3.05) is 6.54 Å². The lowest BCUT2D eigenvalue weighted by atomic mass is 10.1. The molecule has 0 aromatic carbocycles. The van der Waals surface area contributed by atoms with Crippen molar-refractivity contribution in [2.45, 2.75) is 71.1 Å². The summed E-state index contributed by atoms with van der Waals surface area (Å²) in [7, 11) is 0. The third-order valence-electron chi connectivity index (χ3n) is 2.98. The molecule has 0 aliphatic carbocycles. The van der Waals surface area contributed by atoms with E-state index in [0.29, 0.717) is 6.54 Å². The van der Waals surface area contributed by atoms with Gasteiger partial charge in [0.05, 0.1) is 6.54 Å². The zero-order chi connectivity index (χ0) is 14.3. The Kier molecular flexibility index (Phi) is 12.3. The normalized spacial score (nSPS) is 11.0. The topological polar surface area (TPSA) is 85.9 Å². The summed E-state index contributed by atoms with van der Waals surface area (Å²) < 4.78 is 0. The van der Waals surface area contributed by atoms with E-state index in [-0.39, 0.29) is 0 Å². The van der Waals surface area contributed by atoms with Crippen molar-refractivity contribution in [3.63, 3.8) is 0 Å². The standard InChI is InChI=1S/C14H27N3O2/c1-2-3-4-5-6-7-8-9-10-11-12-16-17-13(15)14(18)19/h15H,2-12H2,1H3,(H,18,19). The molecular formula is C14H27N3O2. The molecule has 5 nitrogen and oxygen atoms in total. The Labute approximate surface area is 116 Å². The lowest BCUT2D eigenvalue weighted by Gasteiger charge is -2.00. The first-order valence-electron chi connectivity index (χ1n) is 7.37. The average molecular weight is 269 g/mol. The molecule has 0 amide bonds. The van der Waals surface area contributed by atoms with Gasteiger partial charge >= 0.3 is 5.97 Å². The van der Waals surface area contributed by atoms with Crippen molar-refractivity contribution >= 4 is 11.8 Å². The minimum absolute atomic E-state index is 0.520. The number of nitrogens with one attached hydrogen (secondary N) is 1. The van der Waals surface area contributed by atoms with Crippen LogP contribution in [-0.2, 0) is 4.79 Å². The first kappa shape index (κ1) is 17.7. The van der Waals surface area contributed by atoms with Gasteiger partial charge in [-0.15, -0.1) is 5.11 Å². The van der Waals surface area contributed by atoms with E-state index >= 15 is 0 Å². The van der Waals surface area contributed by atoms with Crippen molar-refractivity contribution < 1.29 is 9.90 Å². The molecule has 0 aliphatic rings. The van der Waals surface area contributed by atoms with E-state index < -0.39 is 11.8 Å². The first-order valence-corrected chi connectivity index (χ1v) is 7.37. The second-order valence-corrected chi connectivity index (χ2v) is 4.80. The Morgan fingerprint density at radius 3 is 1.89 bits per heavy atom. The van der Waals surface area contributed by atoms with Crippen LogP contribution in [0.1, 0.15) is 71.1 Å². The van der Waals surface area contributed by atoms with Crippen LogP contribution < -0.4 is 0 Å². The zero-order valence-electron chi connectivity index (χ0n) is 12.0. The average Bonchev–Trinajstić information content (AvgIpc) is 2.39. The van der Waals surface area contributed by atoms with E-state index in [0.717, 1.165) is 12.8 Å². The van der Waals surface area contributed by atoms with Crippen LogP contribution in [0.2, 0.25) is 0 Å². The number of carboxylic acid groups (broad SMARTS) is 1. The summed E-state index contributed by atoms with van der Waals surface area (Å²) in [6.07, 6.45) is 12.6. The summed E-state index contributed by atoms with van der Waals surface area (Å²) in [4.78, 5) is 10.3. The highest BCUT2D eigenvalue weighted by molar-refractivity contribution is 6.33. The molecule has 0 radical (unpaired) electrons. The molecule has 0 aliphatic heterocycles. The van der Waals surface area contributed by atoms with Gasteiger partial charge in [-0.1, -0.05) is 64.7 Å². The molecule has 0 aromatic heterocycles. The van der Waals surface area contributed by atoms with E-state index in [4.69, 9.17) is 10.5 Å². The third kappa shape index (κ3) is 13.0. The van der Waals surface area contributed by atoms with E-state index in [9.17, 15) is 4.79 Å². The molecule has 19 heavy (non-hydrogen) atoms. The fraction of sp³-hybridized carbons (Fsp3) is 0.857. The molecule has 0 rings (SSSR count). The van der Waals surface area contributed by atoms with Crippen LogP contribution in [0.3, 0.4) is 0 Å². The number of hydrogen-bond donors (Lipinski definition) is 2. The van der Waals surface area contributed by atoms with Gasteiger partial charge in [0.15, 0.2) is 0 Å². The van der Waals surface area contributed by atoms with Gasteiger partial charge in [0.2, 0.25) is 0 Å². The molecule has 0 fully saturated rings. The van der Waals surface area contributed by atoms with E-state index in [1.807, 2.05) is 0 Å². The Morgan fingerprint density at radius 2 is 1.42 bits per heavy atom. The molecule has 0 aromatic rings. The molecule has 0 saturated carbocycles.